The lowest BCUT2D eigenvalue weighted by Gasteiger charge is -2.20. The van der Waals surface area contributed by atoms with E-state index in [1.54, 1.807) is 47.4 Å². The zero-order valence-electron chi connectivity index (χ0n) is 17.9. The smallest absolute Gasteiger partial charge is 0.264 e. The van der Waals surface area contributed by atoms with Crippen LogP contribution in [-0.2, 0) is 21.2 Å². The van der Waals surface area contributed by atoms with E-state index in [9.17, 15) is 18.0 Å². The van der Waals surface area contributed by atoms with Gasteiger partial charge < -0.3 is 10.2 Å². The number of benzene rings is 3. The molecule has 0 unspecified atom stereocenters. The van der Waals surface area contributed by atoms with Crippen molar-refractivity contribution in [2.75, 3.05) is 27.6 Å². The minimum absolute atomic E-state index is 0.0785. The van der Waals surface area contributed by atoms with Crippen LogP contribution in [0.4, 0.5) is 17.1 Å². The highest BCUT2D eigenvalue weighted by Crippen LogP contribution is 2.33. The second-order valence-corrected chi connectivity index (χ2v) is 10.00. The second-order valence-electron chi connectivity index (χ2n) is 8.13. The normalized spacial score (nSPS) is 15.6. The van der Waals surface area contributed by atoms with Gasteiger partial charge in [0.1, 0.15) is 0 Å². The van der Waals surface area contributed by atoms with Crippen molar-refractivity contribution >= 4 is 38.9 Å². The quantitative estimate of drug-likeness (QED) is 0.626. The van der Waals surface area contributed by atoms with E-state index >= 15 is 0 Å². The lowest BCUT2D eigenvalue weighted by Crippen LogP contribution is -2.29. The van der Waals surface area contributed by atoms with Crippen LogP contribution in [0.3, 0.4) is 0 Å². The van der Waals surface area contributed by atoms with E-state index < -0.39 is 15.9 Å². The number of hydrogen-bond acceptors (Lipinski definition) is 4. The number of amides is 2. The van der Waals surface area contributed by atoms with Gasteiger partial charge in [0.15, 0.2) is 0 Å². The van der Waals surface area contributed by atoms with Gasteiger partial charge in [0.25, 0.3) is 15.9 Å². The first-order valence-electron chi connectivity index (χ1n) is 10.9. The molecule has 1 N–H and O–H groups in total. The summed E-state index contributed by atoms with van der Waals surface area (Å²) in [6.45, 7) is 1.08. The van der Waals surface area contributed by atoms with Gasteiger partial charge in [-0.3, -0.25) is 13.9 Å². The topological polar surface area (TPSA) is 86.8 Å². The van der Waals surface area contributed by atoms with Crippen molar-refractivity contribution in [3.63, 3.8) is 0 Å². The maximum atomic E-state index is 13.3. The number of para-hydroxylation sites is 1. The number of fused-ring (bicyclic) bond motifs is 1. The largest absolute Gasteiger partial charge is 0.322 e. The number of carbonyl (C=O) groups is 2. The summed E-state index contributed by atoms with van der Waals surface area (Å²) in [5.74, 6) is -0.302. The maximum absolute atomic E-state index is 13.3. The fraction of sp³-hybridized carbons (Fsp3) is 0.200. The Bertz CT molecular complexity index is 1340. The molecule has 2 heterocycles. The van der Waals surface area contributed by atoms with Crippen molar-refractivity contribution < 1.29 is 18.0 Å². The van der Waals surface area contributed by atoms with E-state index in [1.165, 1.54) is 16.4 Å². The Kier molecular flexibility index (Phi) is 5.38. The molecule has 2 aliphatic heterocycles. The van der Waals surface area contributed by atoms with E-state index in [1.807, 2.05) is 18.2 Å². The van der Waals surface area contributed by atoms with Gasteiger partial charge in [0.05, 0.1) is 10.6 Å². The summed E-state index contributed by atoms with van der Waals surface area (Å²) in [6, 6.07) is 20.6. The molecule has 0 radical (unpaired) electrons. The van der Waals surface area contributed by atoms with Gasteiger partial charge in [-0.2, -0.15) is 0 Å². The van der Waals surface area contributed by atoms with Crippen LogP contribution in [0.15, 0.2) is 77.7 Å². The summed E-state index contributed by atoms with van der Waals surface area (Å²) in [7, 11) is -3.79. The molecule has 0 aliphatic carbocycles. The van der Waals surface area contributed by atoms with Crippen LogP contribution >= 0.6 is 0 Å². The van der Waals surface area contributed by atoms with Crippen molar-refractivity contribution in [2.24, 2.45) is 0 Å². The number of rotatable bonds is 5. The highest BCUT2D eigenvalue weighted by molar-refractivity contribution is 7.92. The molecule has 0 spiro atoms. The van der Waals surface area contributed by atoms with Crippen molar-refractivity contribution in [3.8, 4) is 0 Å². The van der Waals surface area contributed by atoms with Crippen LogP contribution in [0.2, 0.25) is 0 Å². The molecular weight excluding hydrogens is 438 g/mol. The van der Waals surface area contributed by atoms with Crippen molar-refractivity contribution in [1.82, 2.24) is 0 Å². The molecule has 2 amide bonds. The van der Waals surface area contributed by atoms with Crippen LogP contribution in [0, 0.1) is 0 Å². The van der Waals surface area contributed by atoms with Crippen molar-refractivity contribution in [1.29, 1.82) is 0 Å². The van der Waals surface area contributed by atoms with Crippen LogP contribution < -0.4 is 14.5 Å². The number of anilines is 3. The second kappa shape index (κ2) is 8.37. The summed E-state index contributed by atoms with van der Waals surface area (Å²) in [4.78, 5) is 26.5. The zero-order chi connectivity index (χ0) is 23.0. The van der Waals surface area contributed by atoms with Crippen LogP contribution in [0.5, 0.6) is 0 Å². The fourth-order valence-electron chi connectivity index (χ4n) is 4.33. The van der Waals surface area contributed by atoms with Crippen molar-refractivity contribution in [2.45, 2.75) is 24.2 Å². The molecule has 33 heavy (non-hydrogen) atoms. The third-order valence-electron chi connectivity index (χ3n) is 6.04. The predicted molar refractivity (Wildman–Crippen MR) is 127 cm³/mol. The maximum Gasteiger partial charge on any atom is 0.264 e. The van der Waals surface area contributed by atoms with Gasteiger partial charge in [0.2, 0.25) is 5.91 Å². The average molecular weight is 462 g/mol. The highest BCUT2D eigenvalue weighted by atomic mass is 32.2. The first-order valence-corrected chi connectivity index (χ1v) is 12.3. The molecular formula is C25H23N3O4S. The summed E-state index contributed by atoms with van der Waals surface area (Å²) >= 11 is 0. The number of carbonyl (C=O) groups excluding carboxylic acids is 2. The van der Waals surface area contributed by atoms with Crippen LogP contribution in [0.1, 0.15) is 28.8 Å². The number of nitrogens with one attached hydrogen (secondary N) is 1. The number of nitrogens with zero attached hydrogens (tertiary/aromatic N) is 2. The first kappa shape index (κ1) is 21.2. The minimum atomic E-state index is -3.79. The molecule has 1 fully saturated rings. The molecule has 0 bridgehead atoms. The summed E-state index contributed by atoms with van der Waals surface area (Å²) < 4.78 is 28.0. The monoisotopic (exact) mass is 461 g/mol. The molecule has 168 valence electrons. The molecule has 3 aromatic rings. The zero-order valence-corrected chi connectivity index (χ0v) is 18.7. The Morgan fingerprint density at radius 2 is 1.67 bits per heavy atom. The molecule has 3 aromatic carbocycles. The van der Waals surface area contributed by atoms with E-state index in [4.69, 9.17) is 0 Å². The molecule has 0 aromatic heterocycles. The number of hydrogen-bond donors (Lipinski definition) is 1. The summed E-state index contributed by atoms with van der Waals surface area (Å²) in [5, 5.41) is 2.80. The summed E-state index contributed by atoms with van der Waals surface area (Å²) in [6.07, 6.45) is 2.06. The third kappa shape index (κ3) is 3.98. The fourth-order valence-corrected chi connectivity index (χ4v) is 5.88. The highest BCUT2D eigenvalue weighted by Gasteiger charge is 2.31. The van der Waals surface area contributed by atoms with Gasteiger partial charge in [-0.05, 0) is 66.9 Å². The SMILES string of the molecule is O=C(Nc1ccc(N2CCCC2=O)cc1)c1cccc(S(=O)(=O)N2CCc3ccccc32)c1. The van der Waals surface area contributed by atoms with Gasteiger partial charge >= 0.3 is 0 Å². The first-order chi connectivity index (χ1) is 15.9. The average Bonchev–Trinajstić information content (AvgIpc) is 3.46. The van der Waals surface area contributed by atoms with E-state index in [0.717, 1.165) is 17.7 Å². The standard InChI is InChI=1S/C25H23N3O4S/c29-24-9-4-15-27(24)21-12-10-20(11-13-21)26-25(30)19-6-3-7-22(17-19)33(31,32)28-16-14-18-5-1-2-8-23(18)28/h1-3,5-8,10-13,17H,4,9,14-16H2,(H,26,30). The molecule has 0 saturated carbocycles. The van der Waals surface area contributed by atoms with Crippen molar-refractivity contribution in [3.05, 3.63) is 83.9 Å². The molecule has 2 aliphatic rings. The molecule has 8 heteroatoms. The minimum Gasteiger partial charge on any atom is -0.322 e. The lowest BCUT2D eigenvalue weighted by molar-refractivity contribution is -0.117. The Morgan fingerprint density at radius 3 is 2.42 bits per heavy atom. The molecule has 5 rings (SSSR count). The Labute approximate surface area is 192 Å². The van der Waals surface area contributed by atoms with Crippen LogP contribution in [-0.4, -0.2) is 33.3 Å². The molecule has 0 atom stereocenters. The van der Waals surface area contributed by atoms with E-state index in [-0.39, 0.29) is 16.4 Å². The summed E-state index contributed by atoms with van der Waals surface area (Å²) in [5.41, 5.74) is 3.30. The Hall–Kier alpha value is -3.65. The molecule has 1 saturated heterocycles. The number of sulfonamides is 1. The van der Waals surface area contributed by atoms with Gasteiger partial charge in [-0.15, -0.1) is 0 Å². The lowest BCUT2D eigenvalue weighted by atomic mass is 10.2. The van der Waals surface area contributed by atoms with Gasteiger partial charge in [0, 0.05) is 36.4 Å². The Balaban J connectivity index is 1.34. The van der Waals surface area contributed by atoms with E-state index in [2.05, 4.69) is 5.32 Å². The van der Waals surface area contributed by atoms with Crippen LogP contribution in [0.25, 0.3) is 0 Å². The third-order valence-corrected chi connectivity index (χ3v) is 7.85. The van der Waals surface area contributed by atoms with E-state index in [0.29, 0.717) is 37.3 Å². The Morgan fingerprint density at radius 1 is 0.879 bits per heavy atom. The van der Waals surface area contributed by atoms with Gasteiger partial charge in [-0.25, -0.2) is 8.42 Å². The predicted octanol–water partition coefficient (Wildman–Crippen LogP) is 3.82. The van der Waals surface area contributed by atoms with Gasteiger partial charge in [-0.1, -0.05) is 24.3 Å². The molecule has 7 nitrogen and oxygen atoms in total.